The van der Waals surface area contributed by atoms with Crippen molar-refractivity contribution in [2.24, 2.45) is 0 Å². The maximum atomic E-state index is 4.51. The first-order valence-electron chi connectivity index (χ1n) is 3.66. The quantitative estimate of drug-likeness (QED) is 0.607. The normalized spacial score (nSPS) is 13.3. The predicted octanol–water partition coefficient (Wildman–Crippen LogP) is 3.84. The molecule has 0 saturated heterocycles. The Morgan fingerprint density at radius 3 is 2.08 bits per heavy atom. The van der Waals surface area contributed by atoms with Gasteiger partial charge in [0.25, 0.3) is 0 Å². The fourth-order valence-corrected chi connectivity index (χ4v) is 0.950. The van der Waals surface area contributed by atoms with Gasteiger partial charge in [0.2, 0.25) is 0 Å². The largest absolute Gasteiger partial charge is 0.683 e. The molecule has 1 rings (SSSR count). The van der Waals surface area contributed by atoms with E-state index < -0.39 is 0 Å². The molecule has 0 aliphatic heterocycles. The molecule has 0 fully saturated rings. The Morgan fingerprint density at radius 1 is 1.23 bits per heavy atom. The van der Waals surface area contributed by atoms with E-state index in [0.717, 1.165) is 6.42 Å². The van der Waals surface area contributed by atoms with Gasteiger partial charge in [-0.25, -0.2) is 0 Å². The molecule has 0 spiro atoms. The Bertz CT molecular complexity index is 183. The third kappa shape index (κ3) is 9.04. The van der Waals surface area contributed by atoms with Gasteiger partial charge >= 0.3 is 0 Å². The first-order chi connectivity index (χ1) is 4.58. The average Bonchev–Trinajstić information content (AvgIpc) is 2.12. The molecule has 0 aromatic rings. The fraction of sp³-hybridized carbons (Fsp3) is 0.556. The van der Waals surface area contributed by atoms with Crippen LogP contribution < -0.4 is 0 Å². The van der Waals surface area contributed by atoms with E-state index in [1.54, 1.807) is 0 Å². The van der Waals surface area contributed by atoms with Crippen LogP contribution >= 0.6 is 24.8 Å². The molecule has 76 valence electrons. The van der Waals surface area contributed by atoms with Crippen LogP contribution in [0.5, 0.6) is 0 Å². The van der Waals surface area contributed by atoms with Gasteiger partial charge in [0.05, 0.1) is 0 Å². The number of hydrogen-bond acceptors (Lipinski definition) is 0. The second kappa shape index (κ2) is 8.07. The van der Waals surface area contributed by atoms with Crippen molar-refractivity contribution < 1.29 is 25.8 Å². The minimum Gasteiger partial charge on any atom is -0.683 e. The summed E-state index contributed by atoms with van der Waals surface area (Å²) in [5, 5.41) is 4.51. The molecule has 0 saturated carbocycles. The van der Waals surface area contributed by atoms with Crippen molar-refractivity contribution >= 4 is 24.8 Å². The maximum Gasteiger partial charge on any atom is 0 e. The Morgan fingerprint density at radius 2 is 1.77 bits per heavy atom. The van der Waals surface area contributed by atoms with Gasteiger partial charge in [-0.2, -0.15) is 5.70 Å². The molecule has 0 N–H and O–H groups in total. The van der Waals surface area contributed by atoms with Gasteiger partial charge in [0.1, 0.15) is 0 Å². The molecule has 0 atom stereocenters. The molecule has 0 aromatic heterocycles. The van der Waals surface area contributed by atoms with Crippen LogP contribution in [0, 0.1) is 0 Å². The number of allylic oxidation sites excluding steroid dienone is 3. The van der Waals surface area contributed by atoms with E-state index in [9.17, 15) is 0 Å². The molecule has 1 aliphatic rings. The Balaban J connectivity index is -0.000000333. The molecular formula is C9H16Cl2HfN-. The van der Waals surface area contributed by atoms with Crippen molar-refractivity contribution in [2.75, 3.05) is 0 Å². The summed E-state index contributed by atoms with van der Waals surface area (Å²) < 4.78 is 0. The third-order valence-corrected chi connectivity index (χ3v) is 1.23. The van der Waals surface area contributed by atoms with Crippen LogP contribution in [-0.4, -0.2) is 5.54 Å². The van der Waals surface area contributed by atoms with Gasteiger partial charge in [0.15, 0.2) is 0 Å². The van der Waals surface area contributed by atoms with E-state index in [0.29, 0.717) is 0 Å². The second-order valence-corrected chi connectivity index (χ2v) is 3.57. The molecule has 1 nitrogen and oxygen atoms in total. The van der Waals surface area contributed by atoms with Gasteiger partial charge in [-0.05, 0) is 6.42 Å². The van der Waals surface area contributed by atoms with E-state index in [1.165, 1.54) is 5.70 Å². The second-order valence-electron chi connectivity index (χ2n) is 3.57. The van der Waals surface area contributed by atoms with Gasteiger partial charge in [-0.3, -0.25) is 0 Å². The fourth-order valence-electron chi connectivity index (χ4n) is 0.950. The summed E-state index contributed by atoms with van der Waals surface area (Å²) >= 11 is 0. The van der Waals surface area contributed by atoms with Crippen LogP contribution in [-0.2, 0) is 25.8 Å². The van der Waals surface area contributed by atoms with Crippen molar-refractivity contribution in [3.63, 3.8) is 0 Å². The Hall–Kier alpha value is 0.730. The molecule has 0 unspecified atom stereocenters. The number of halogens is 2. The molecule has 0 aromatic carbocycles. The molecule has 4 heteroatoms. The zero-order valence-electron chi connectivity index (χ0n) is 8.20. The van der Waals surface area contributed by atoms with Crippen LogP contribution in [0.1, 0.15) is 27.2 Å². The summed E-state index contributed by atoms with van der Waals surface area (Å²) in [7, 11) is 0. The first kappa shape index (κ1) is 19.3. The molecule has 0 heterocycles. The molecular weight excluding hydrogens is 372 g/mol. The van der Waals surface area contributed by atoms with Crippen LogP contribution in [0.4, 0.5) is 0 Å². The van der Waals surface area contributed by atoms with Crippen molar-refractivity contribution in [1.82, 2.24) is 0 Å². The Labute approximate surface area is 112 Å². The maximum absolute atomic E-state index is 4.51. The average molecular weight is 388 g/mol. The minimum absolute atomic E-state index is 0. The van der Waals surface area contributed by atoms with Crippen LogP contribution in [0.2, 0.25) is 0 Å². The first-order valence-corrected chi connectivity index (χ1v) is 3.66. The van der Waals surface area contributed by atoms with E-state index >= 15 is 0 Å². The van der Waals surface area contributed by atoms with E-state index in [2.05, 4.69) is 44.3 Å². The van der Waals surface area contributed by atoms with Crippen LogP contribution in [0.15, 0.2) is 23.9 Å². The van der Waals surface area contributed by atoms with E-state index in [1.807, 2.05) is 0 Å². The predicted molar refractivity (Wildman–Crippen MR) is 59.4 cm³/mol. The SMILES string of the molecule is CC(C)(C)[N-]C1=CC=CC1.Cl.Cl.[Hf]. The van der Waals surface area contributed by atoms with Gasteiger partial charge < -0.3 is 5.32 Å². The number of nitrogens with zero attached hydrogens (tertiary/aromatic N) is 1. The molecule has 13 heavy (non-hydrogen) atoms. The summed E-state index contributed by atoms with van der Waals surface area (Å²) in [6.45, 7) is 6.35. The Kier molecular flexibility index (Phi) is 12.0. The number of hydrogen-bond donors (Lipinski definition) is 0. The van der Waals surface area contributed by atoms with E-state index in [4.69, 9.17) is 0 Å². The van der Waals surface area contributed by atoms with Crippen molar-refractivity contribution in [1.29, 1.82) is 0 Å². The topological polar surface area (TPSA) is 14.1 Å². The monoisotopic (exact) mass is 388 g/mol. The summed E-state index contributed by atoms with van der Waals surface area (Å²) in [5.41, 5.74) is 1.28. The molecule has 0 bridgehead atoms. The molecule has 1 aliphatic carbocycles. The summed E-state index contributed by atoms with van der Waals surface area (Å²) in [4.78, 5) is 0. The minimum atomic E-state index is 0. The van der Waals surface area contributed by atoms with E-state index in [-0.39, 0.29) is 56.2 Å². The number of rotatable bonds is 1. The zero-order valence-corrected chi connectivity index (χ0v) is 13.4. The van der Waals surface area contributed by atoms with Crippen molar-refractivity contribution in [3.8, 4) is 0 Å². The van der Waals surface area contributed by atoms with Crippen LogP contribution in [0.25, 0.3) is 5.32 Å². The van der Waals surface area contributed by atoms with Crippen LogP contribution in [0.3, 0.4) is 0 Å². The molecule has 0 amide bonds. The van der Waals surface area contributed by atoms with Gasteiger partial charge in [0, 0.05) is 25.8 Å². The summed E-state index contributed by atoms with van der Waals surface area (Å²) in [6, 6.07) is 0. The van der Waals surface area contributed by atoms with Gasteiger partial charge in [-0.15, -0.1) is 30.4 Å². The molecule has 0 radical (unpaired) electrons. The smallest absolute Gasteiger partial charge is 0 e. The van der Waals surface area contributed by atoms with Crippen molar-refractivity contribution in [3.05, 3.63) is 29.2 Å². The zero-order chi connectivity index (χ0) is 7.61. The van der Waals surface area contributed by atoms with Gasteiger partial charge in [-0.1, -0.05) is 39.0 Å². The summed E-state index contributed by atoms with van der Waals surface area (Å²) in [6.07, 6.45) is 7.28. The standard InChI is InChI=1S/C9H14N.2ClH.Hf/c1-9(2,3)10-8-6-4-5-7-8;;;/h4-6H,7H2,1-3H3;2*1H;/q-1;;;. The third-order valence-electron chi connectivity index (χ3n) is 1.23. The van der Waals surface area contributed by atoms with Crippen molar-refractivity contribution in [2.45, 2.75) is 32.7 Å². The summed E-state index contributed by atoms with van der Waals surface area (Å²) in [5.74, 6) is 0.